The molecule has 8 heteroatoms. The van der Waals surface area contributed by atoms with Crippen LogP contribution in [0, 0.1) is 10.1 Å². The van der Waals surface area contributed by atoms with E-state index in [1.54, 1.807) is 30.3 Å². The predicted octanol–water partition coefficient (Wildman–Crippen LogP) is 5.17. The summed E-state index contributed by atoms with van der Waals surface area (Å²) < 4.78 is 10.9. The fourth-order valence-electron chi connectivity index (χ4n) is 2.88. The van der Waals surface area contributed by atoms with Gasteiger partial charge in [0.2, 0.25) is 5.90 Å². The second-order valence-corrected chi connectivity index (χ2v) is 7.01. The van der Waals surface area contributed by atoms with Gasteiger partial charge in [-0.1, -0.05) is 54.1 Å². The number of benzene rings is 3. The van der Waals surface area contributed by atoms with Gasteiger partial charge in [-0.3, -0.25) is 10.1 Å². The van der Waals surface area contributed by atoms with E-state index >= 15 is 0 Å². The minimum atomic E-state index is -0.642. The number of nitro benzene ring substituents is 1. The predicted molar refractivity (Wildman–Crippen MR) is 116 cm³/mol. The van der Waals surface area contributed by atoms with Crippen molar-refractivity contribution in [2.24, 2.45) is 4.99 Å². The minimum Gasteiger partial charge on any atom is -0.489 e. The molecule has 0 unspecified atom stereocenters. The molecule has 0 saturated carbocycles. The van der Waals surface area contributed by atoms with Crippen molar-refractivity contribution in [2.75, 3.05) is 0 Å². The topological polar surface area (TPSA) is 91.0 Å². The Labute approximate surface area is 182 Å². The largest absolute Gasteiger partial charge is 0.489 e. The zero-order chi connectivity index (χ0) is 21.8. The summed E-state index contributed by atoms with van der Waals surface area (Å²) in [6.45, 7) is 0.453. The van der Waals surface area contributed by atoms with Crippen LogP contribution in [0.1, 0.15) is 16.7 Å². The number of nitro groups is 1. The van der Waals surface area contributed by atoms with Crippen LogP contribution >= 0.6 is 11.6 Å². The van der Waals surface area contributed by atoms with Crippen LogP contribution in [0.15, 0.2) is 83.5 Å². The van der Waals surface area contributed by atoms with E-state index < -0.39 is 10.9 Å². The van der Waals surface area contributed by atoms with Crippen molar-refractivity contribution in [3.63, 3.8) is 0 Å². The van der Waals surface area contributed by atoms with E-state index in [2.05, 4.69) is 4.99 Å². The first-order valence-corrected chi connectivity index (χ1v) is 9.61. The molecular weight excluding hydrogens is 420 g/mol. The number of rotatable bonds is 6. The Morgan fingerprint density at radius 1 is 1.06 bits per heavy atom. The van der Waals surface area contributed by atoms with E-state index in [9.17, 15) is 14.9 Å². The monoisotopic (exact) mass is 434 g/mol. The standard InChI is InChI=1S/C23H15ClN2O5/c24-19-11-8-17(13-21(19)26(28)29)22-25-20(23(27)31-22)12-15-6-9-18(10-7-15)30-14-16-4-2-1-3-5-16/h1-13H,14H2/b20-12-. The van der Waals surface area contributed by atoms with E-state index in [4.69, 9.17) is 21.1 Å². The lowest BCUT2D eigenvalue weighted by molar-refractivity contribution is -0.384. The maximum atomic E-state index is 12.2. The Bertz CT molecular complexity index is 1200. The molecule has 0 amide bonds. The van der Waals surface area contributed by atoms with Crippen molar-refractivity contribution >= 4 is 35.2 Å². The first-order chi connectivity index (χ1) is 15.0. The molecule has 7 nitrogen and oxygen atoms in total. The number of cyclic esters (lactones) is 1. The van der Waals surface area contributed by atoms with Crippen LogP contribution in [0.3, 0.4) is 0 Å². The van der Waals surface area contributed by atoms with Crippen LogP contribution in [0.5, 0.6) is 5.75 Å². The van der Waals surface area contributed by atoms with Crippen molar-refractivity contribution in [3.8, 4) is 5.75 Å². The summed E-state index contributed by atoms with van der Waals surface area (Å²) in [6, 6.07) is 21.1. The van der Waals surface area contributed by atoms with Crippen LogP contribution in [-0.4, -0.2) is 16.8 Å². The highest BCUT2D eigenvalue weighted by Crippen LogP contribution is 2.27. The molecule has 0 atom stereocenters. The SMILES string of the molecule is O=C1OC(c2ccc(Cl)c([N+](=O)[O-])c2)=N/C1=C\c1ccc(OCc2ccccc2)cc1. The Morgan fingerprint density at radius 3 is 2.52 bits per heavy atom. The lowest BCUT2D eigenvalue weighted by Gasteiger charge is -2.06. The average molecular weight is 435 g/mol. The number of hydrogen-bond donors (Lipinski definition) is 0. The second kappa shape index (κ2) is 8.81. The molecule has 0 aromatic heterocycles. The van der Waals surface area contributed by atoms with E-state index in [0.717, 1.165) is 11.1 Å². The fraction of sp³-hybridized carbons (Fsp3) is 0.0435. The molecule has 0 spiro atoms. The third-order valence-electron chi connectivity index (χ3n) is 4.44. The summed E-state index contributed by atoms with van der Waals surface area (Å²) in [5, 5.41) is 11.1. The maximum Gasteiger partial charge on any atom is 0.363 e. The fourth-order valence-corrected chi connectivity index (χ4v) is 3.06. The number of nitrogens with zero attached hydrogens (tertiary/aromatic N) is 2. The van der Waals surface area contributed by atoms with Crippen molar-refractivity contribution in [3.05, 3.63) is 110 Å². The Balaban J connectivity index is 1.49. The molecule has 1 aliphatic heterocycles. The van der Waals surface area contributed by atoms with Crippen LogP contribution in [-0.2, 0) is 16.1 Å². The van der Waals surface area contributed by atoms with Crippen molar-refractivity contribution in [1.29, 1.82) is 0 Å². The van der Waals surface area contributed by atoms with Crippen LogP contribution < -0.4 is 4.74 Å². The molecule has 3 aromatic carbocycles. The number of carbonyl (C=O) groups excluding carboxylic acids is 1. The van der Waals surface area contributed by atoms with E-state index in [-0.39, 0.29) is 27.9 Å². The van der Waals surface area contributed by atoms with Gasteiger partial charge in [0.25, 0.3) is 5.69 Å². The van der Waals surface area contributed by atoms with Crippen LogP contribution in [0.2, 0.25) is 5.02 Å². The molecule has 31 heavy (non-hydrogen) atoms. The molecule has 1 heterocycles. The minimum absolute atomic E-state index is 0.0102. The molecular formula is C23H15ClN2O5. The summed E-state index contributed by atoms with van der Waals surface area (Å²) in [5.41, 5.74) is 1.88. The first kappa shape index (κ1) is 20.3. The zero-order valence-corrected chi connectivity index (χ0v) is 16.8. The normalized spacial score (nSPS) is 14.3. The van der Waals surface area contributed by atoms with Gasteiger partial charge in [0.15, 0.2) is 5.70 Å². The third-order valence-corrected chi connectivity index (χ3v) is 4.76. The molecule has 0 aliphatic carbocycles. The van der Waals surface area contributed by atoms with Gasteiger partial charge in [0.1, 0.15) is 17.4 Å². The first-order valence-electron chi connectivity index (χ1n) is 9.23. The molecule has 1 aliphatic rings. The molecule has 3 aromatic rings. The van der Waals surface area contributed by atoms with E-state index in [1.807, 2.05) is 30.3 Å². The number of halogens is 1. The number of ether oxygens (including phenoxy) is 2. The van der Waals surface area contributed by atoms with Gasteiger partial charge in [-0.15, -0.1) is 0 Å². The van der Waals surface area contributed by atoms with Gasteiger partial charge in [-0.25, -0.2) is 9.79 Å². The van der Waals surface area contributed by atoms with Gasteiger partial charge in [-0.05, 0) is 41.5 Å². The van der Waals surface area contributed by atoms with Gasteiger partial charge < -0.3 is 9.47 Å². The highest BCUT2D eigenvalue weighted by molar-refractivity contribution is 6.32. The third kappa shape index (κ3) is 4.79. The summed E-state index contributed by atoms with van der Waals surface area (Å²) in [7, 11) is 0. The molecule has 0 bridgehead atoms. The number of aliphatic imine (C=N–C) groups is 1. The van der Waals surface area contributed by atoms with E-state index in [0.29, 0.717) is 12.4 Å². The average Bonchev–Trinajstić information content (AvgIpc) is 3.14. The van der Waals surface area contributed by atoms with Gasteiger partial charge in [-0.2, -0.15) is 0 Å². The second-order valence-electron chi connectivity index (χ2n) is 6.60. The Hall–Kier alpha value is -3.97. The lowest BCUT2D eigenvalue weighted by Crippen LogP contribution is -2.06. The molecule has 0 radical (unpaired) electrons. The highest BCUT2D eigenvalue weighted by Gasteiger charge is 2.26. The number of carbonyl (C=O) groups is 1. The highest BCUT2D eigenvalue weighted by atomic mass is 35.5. The van der Waals surface area contributed by atoms with Gasteiger partial charge >= 0.3 is 5.97 Å². The van der Waals surface area contributed by atoms with Gasteiger partial charge in [0, 0.05) is 11.6 Å². The summed E-state index contributed by atoms with van der Waals surface area (Å²) in [5.74, 6) is 0.0357. The Kier molecular flexibility index (Phi) is 5.77. The van der Waals surface area contributed by atoms with Crippen molar-refractivity contribution in [2.45, 2.75) is 6.61 Å². The zero-order valence-electron chi connectivity index (χ0n) is 16.0. The van der Waals surface area contributed by atoms with Crippen molar-refractivity contribution < 1.29 is 19.2 Å². The molecule has 4 rings (SSSR count). The molecule has 154 valence electrons. The smallest absolute Gasteiger partial charge is 0.363 e. The quantitative estimate of drug-likeness (QED) is 0.231. The molecule has 0 N–H and O–H groups in total. The van der Waals surface area contributed by atoms with Crippen LogP contribution in [0.25, 0.3) is 6.08 Å². The molecule has 0 saturated heterocycles. The van der Waals surface area contributed by atoms with Crippen LogP contribution in [0.4, 0.5) is 5.69 Å². The summed E-state index contributed by atoms with van der Waals surface area (Å²) in [4.78, 5) is 26.8. The van der Waals surface area contributed by atoms with E-state index in [1.165, 1.54) is 18.2 Å². The summed E-state index contributed by atoms with van der Waals surface area (Å²) >= 11 is 5.82. The number of esters is 1. The molecule has 0 fully saturated rings. The maximum absolute atomic E-state index is 12.2. The van der Waals surface area contributed by atoms with Crippen molar-refractivity contribution in [1.82, 2.24) is 0 Å². The summed E-state index contributed by atoms with van der Waals surface area (Å²) in [6.07, 6.45) is 1.57. The van der Waals surface area contributed by atoms with Gasteiger partial charge in [0.05, 0.1) is 4.92 Å². The lowest BCUT2D eigenvalue weighted by atomic mass is 10.2. The Morgan fingerprint density at radius 2 is 1.81 bits per heavy atom. The number of hydrogen-bond acceptors (Lipinski definition) is 6.